The number of amides is 1. The molecule has 0 atom stereocenters. The minimum Gasteiger partial charge on any atom is -0.395 e. The van der Waals surface area contributed by atoms with Crippen LogP contribution >= 0.6 is 0 Å². The van der Waals surface area contributed by atoms with Gasteiger partial charge >= 0.3 is 0 Å². The molecule has 82 valence electrons. The van der Waals surface area contributed by atoms with Crippen LogP contribution in [0, 0.1) is 5.92 Å². The summed E-state index contributed by atoms with van der Waals surface area (Å²) in [5, 5.41) is 12.0. The van der Waals surface area contributed by atoms with Crippen molar-refractivity contribution in [3.8, 4) is 0 Å². The van der Waals surface area contributed by atoms with Crippen molar-refractivity contribution in [3.05, 3.63) is 0 Å². The smallest absolute Gasteiger partial charge is 0.225 e. The van der Waals surface area contributed by atoms with Gasteiger partial charge in [-0.1, -0.05) is 0 Å². The van der Waals surface area contributed by atoms with Gasteiger partial charge in [-0.3, -0.25) is 4.79 Å². The van der Waals surface area contributed by atoms with Gasteiger partial charge in [0.05, 0.1) is 6.61 Å². The van der Waals surface area contributed by atoms with Crippen LogP contribution in [-0.2, 0) is 4.79 Å². The van der Waals surface area contributed by atoms with E-state index in [-0.39, 0.29) is 18.4 Å². The zero-order chi connectivity index (χ0) is 10.4. The van der Waals surface area contributed by atoms with Crippen LogP contribution in [0.25, 0.3) is 0 Å². The quantitative estimate of drug-likeness (QED) is 0.662. The van der Waals surface area contributed by atoms with Gasteiger partial charge in [-0.05, 0) is 32.9 Å². The second-order valence-electron chi connectivity index (χ2n) is 3.67. The van der Waals surface area contributed by atoms with Crippen molar-refractivity contribution in [3.63, 3.8) is 0 Å². The largest absolute Gasteiger partial charge is 0.395 e. The molecule has 0 aromatic rings. The SMILES string of the molecule is CCN(CCO)C(=O)C1CCNCC1. The van der Waals surface area contributed by atoms with Gasteiger partial charge in [-0.25, -0.2) is 0 Å². The molecule has 2 N–H and O–H groups in total. The molecule has 1 fully saturated rings. The standard InChI is InChI=1S/C10H20N2O2/c1-2-12(7-8-13)10(14)9-3-5-11-6-4-9/h9,11,13H,2-8H2,1H3. The highest BCUT2D eigenvalue weighted by Crippen LogP contribution is 2.14. The average molecular weight is 200 g/mol. The molecule has 0 radical (unpaired) electrons. The number of hydrogen-bond donors (Lipinski definition) is 2. The minimum absolute atomic E-state index is 0.0601. The van der Waals surface area contributed by atoms with Crippen molar-refractivity contribution in [2.75, 3.05) is 32.8 Å². The Labute approximate surface area is 85.3 Å². The van der Waals surface area contributed by atoms with Crippen LogP contribution in [0.15, 0.2) is 0 Å². The fraction of sp³-hybridized carbons (Fsp3) is 0.900. The maximum atomic E-state index is 11.9. The summed E-state index contributed by atoms with van der Waals surface area (Å²) in [5.74, 6) is 0.380. The van der Waals surface area contributed by atoms with E-state index in [9.17, 15) is 4.79 Å². The van der Waals surface area contributed by atoms with Crippen LogP contribution in [0.3, 0.4) is 0 Å². The van der Waals surface area contributed by atoms with Gasteiger partial charge in [-0.15, -0.1) is 0 Å². The van der Waals surface area contributed by atoms with Gasteiger partial charge in [0.25, 0.3) is 0 Å². The molecule has 1 aliphatic heterocycles. The number of likely N-dealkylation sites (N-methyl/N-ethyl adjacent to an activating group) is 1. The van der Waals surface area contributed by atoms with Gasteiger partial charge in [0, 0.05) is 19.0 Å². The number of nitrogens with one attached hydrogen (secondary N) is 1. The highest BCUT2D eigenvalue weighted by atomic mass is 16.3. The Morgan fingerprint density at radius 3 is 2.64 bits per heavy atom. The number of carbonyl (C=O) groups is 1. The molecule has 14 heavy (non-hydrogen) atoms. The summed E-state index contributed by atoms with van der Waals surface area (Å²) in [7, 11) is 0. The second kappa shape index (κ2) is 5.98. The predicted molar refractivity (Wildman–Crippen MR) is 54.9 cm³/mol. The lowest BCUT2D eigenvalue weighted by molar-refractivity contribution is -0.136. The van der Waals surface area contributed by atoms with Gasteiger partial charge < -0.3 is 15.3 Å². The topological polar surface area (TPSA) is 52.6 Å². The first-order chi connectivity index (χ1) is 6.79. The van der Waals surface area contributed by atoms with Crippen LogP contribution in [0.4, 0.5) is 0 Å². The van der Waals surface area contributed by atoms with Crippen molar-refractivity contribution in [2.45, 2.75) is 19.8 Å². The Morgan fingerprint density at radius 2 is 2.14 bits per heavy atom. The maximum Gasteiger partial charge on any atom is 0.225 e. The first kappa shape index (κ1) is 11.5. The molecule has 1 rings (SSSR count). The molecule has 0 saturated carbocycles. The molecule has 1 amide bonds. The summed E-state index contributed by atoms with van der Waals surface area (Å²) in [5.41, 5.74) is 0. The molecular formula is C10H20N2O2. The Balaban J connectivity index is 2.43. The number of hydrogen-bond acceptors (Lipinski definition) is 3. The average Bonchev–Trinajstić information content (AvgIpc) is 2.26. The van der Waals surface area contributed by atoms with Crippen molar-refractivity contribution in [2.24, 2.45) is 5.92 Å². The Morgan fingerprint density at radius 1 is 1.50 bits per heavy atom. The maximum absolute atomic E-state index is 11.9. The molecule has 0 aromatic carbocycles. The van der Waals surface area contributed by atoms with E-state index in [1.165, 1.54) is 0 Å². The lowest BCUT2D eigenvalue weighted by atomic mass is 9.96. The number of piperidine rings is 1. The molecule has 4 nitrogen and oxygen atoms in total. The Hall–Kier alpha value is -0.610. The van der Waals surface area contributed by atoms with E-state index in [4.69, 9.17) is 5.11 Å². The fourth-order valence-corrected chi connectivity index (χ4v) is 1.87. The molecule has 1 heterocycles. The Bertz CT molecular complexity index is 172. The highest BCUT2D eigenvalue weighted by molar-refractivity contribution is 5.78. The molecule has 1 saturated heterocycles. The van der Waals surface area contributed by atoms with Gasteiger partial charge in [0.15, 0.2) is 0 Å². The third-order valence-electron chi connectivity index (χ3n) is 2.75. The summed E-state index contributed by atoms with van der Waals surface area (Å²) in [6.07, 6.45) is 1.86. The summed E-state index contributed by atoms with van der Waals surface area (Å²) in [6.45, 7) is 5.06. The zero-order valence-electron chi connectivity index (χ0n) is 8.83. The number of carbonyl (C=O) groups excluding carboxylic acids is 1. The van der Waals surface area contributed by atoms with E-state index < -0.39 is 0 Å². The second-order valence-corrected chi connectivity index (χ2v) is 3.67. The van der Waals surface area contributed by atoms with Crippen molar-refractivity contribution < 1.29 is 9.90 Å². The molecule has 0 unspecified atom stereocenters. The minimum atomic E-state index is 0.0601. The summed E-state index contributed by atoms with van der Waals surface area (Å²) >= 11 is 0. The first-order valence-corrected chi connectivity index (χ1v) is 5.40. The fourth-order valence-electron chi connectivity index (χ4n) is 1.87. The van der Waals surface area contributed by atoms with E-state index in [0.29, 0.717) is 13.1 Å². The number of aliphatic hydroxyl groups is 1. The third-order valence-corrected chi connectivity index (χ3v) is 2.75. The van der Waals surface area contributed by atoms with Gasteiger partial charge in [0.2, 0.25) is 5.91 Å². The van der Waals surface area contributed by atoms with E-state index in [1.807, 2.05) is 6.92 Å². The molecule has 0 aliphatic carbocycles. The summed E-state index contributed by atoms with van der Waals surface area (Å²) in [6, 6.07) is 0. The number of nitrogens with zero attached hydrogens (tertiary/aromatic N) is 1. The predicted octanol–water partition coefficient (Wildman–Crippen LogP) is -0.173. The van der Waals surface area contributed by atoms with Gasteiger partial charge in [-0.2, -0.15) is 0 Å². The first-order valence-electron chi connectivity index (χ1n) is 5.40. The molecular weight excluding hydrogens is 180 g/mol. The van der Waals surface area contributed by atoms with E-state index in [2.05, 4.69) is 5.32 Å². The van der Waals surface area contributed by atoms with Crippen LogP contribution < -0.4 is 5.32 Å². The summed E-state index contributed by atoms with van der Waals surface area (Å²) < 4.78 is 0. The molecule has 1 aliphatic rings. The van der Waals surface area contributed by atoms with Crippen LogP contribution in [0.1, 0.15) is 19.8 Å². The lowest BCUT2D eigenvalue weighted by Crippen LogP contribution is -2.42. The normalized spacial score (nSPS) is 18.1. The van der Waals surface area contributed by atoms with E-state index >= 15 is 0 Å². The van der Waals surface area contributed by atoms with E-state index in [1.54, 1.807) is 4.90 Å². The summed E-state index contributed by atoms with van der Waals surface area (Å²) in [4.78, 5) is 13.7. The monoisotopic (exact) mass is 200 g/mol. The molecule has 0 aromatic heterocycles. The molecule has 4 heteroatoms. The Kier molecular flexibility index (Phi) is 4.90. The molecule has 0 spiro atoms. The van der Waals surface area contributed by atoms with E-state index in [0.717, 1.165) is 25.9 Å². The number of aliphatic hydroxyl groups excluding tert-OH is 1. The molecule has 0 bridgehead atoms. The van der Waals surface area contributed by atoms with Crippen molar-refractivity contribution in [1.29, 1.82) is 0 Å². The van der Waals surface area contributed by atoms with Crippen LogP contribution in [-0.4, -0.2) is 48.7 Å². The highest BCUT2D eigenvalue weighted by Gasteiger charge is 2.24. The third kappa shape index (κ3) is 2.96. The van der Waals surface area contributed by atoms with Crippen LogP contribution in [0.2, 0.25) is 0 Å². The van der Waals surface area contributed by atoms with Crippen LogP contribution in [0.5, 0.6) is 0 Å². The lowest BCUT2D eigenvalue weighted by Gasteiger charge is -2.28. The van der Waals surface area contributed by atoms with Gasteiger partial charge in [0.1, 0.15) is 0 Å². The number of rotatable bonds is 4. The van der Waals surface area contributed by atoms with Crippen molar-refractivity contribution >= 4 is 5.91 Å². The zero-order valence-corrected chi connectivity index (χ0v) is 8.83. The van der Waals surface area contributed by atoms with Crippen molar-refractivity contribution in [1.82, 2.24) is 10.2 Å².